The molecule has 1 aliphatic rings. The molecule has 2 amide bonds. The quantitative estimate of drug-likeness (QED) is 0.887. The van der Waals surface area contributed by atoms with E-state index in [-0.39, 0.29) is 17.9 Å². The van der Waals surface area contributed by atoms with Crippen LogP contribution in [-0.2, 0) is 4.79 Å². The van der Waals surface area contributed by atoms with Crippen molar-refractivity contribution in [1.82, 2.24) is 15.3 Å². The number of carbonyl (C=O) groups excluding carboxylic acids is 2. The molecule has 2 aromatic rings. The molecule has 6 nitrogen and oxygen atoms in total. The van der Waals surface area contributed by atoms with Gasteiger partial charge < -0.3 is 10.6 Å². The highest BCUT2D eigenvalue weighted by Crippen LogP contribution is 2.41. The second-order valence-corrected chi connectivity index (χ2v) is 6.15. The molecule has 0 unspecified atom stereocenters. The van der Waals surface area contributed by atoms with E-state index in [1.807, 2.05) is 12.1 Å². The molecule has 0 radical (unpaired) electrons. The van der Waals surface area contributed by atoms with Crippen molar-refractivity contribution in [1.29, 1.82) is 0 Å². The zero-order chi connectivity index (χ0) is 15.5. The number of amides is 2. The zero-order valence-corrected chi connectivity index (χ0v) is 12.9. The topological polar surface area (TPSA) is 84.0 Å². The van der Waals surface area contributed by atoms with Crippen LogP contribution in [0, 0.1) is 5.92 Å². The van der Waals surface area contributed by atoms with Crippen LogP contribution in [0.15, 0.2) is 29.9 Å². The van der Waals surface area contributed by atoms with Gasteiger partial charge in [-0.25, -0.2) is 4.98 Å². The summed E-state index contributed by atoms with van der Waals surface area (Å²) >= 11 is 1.24. The van der Waals surface area contributed by atoms with Crippen LogP contribution in [0.1, 0.15) is 41.9 Å². The Kier molecular flexibility index (Phi) is 4.15. The van der Waals surface area contributed by atoms with Gasteiger partial charge in [0.1, 0.15) is 5.69 Å². The Morgan fingerprint density at radius 1 is 1.32 bits per heavy atom. The van der Waals surface area contributed by atoms with Gasteiger partial charge in [-0.05, 0) is 36.5 Å². The summed E-state index contributed by atoms with van der Waals surface area (Å²) in [5.41, 5.74) is 1.39. The first kappa shape index (κ1) is 14.6. The maximum Gasteiger partial charge on any atom is 0.271 e. The largest absolute Gasteiger partial charge is 0.344 e. The van der Waals surface area contributed by atoms with Gasteiger partial charge in [-0.2, -0.15) is 0 Å². The highest BCUT2D eigenvalue weighted by atomic mass is 32.1. The number of carbonyl (C=O) groups is 2. The van der Waals surface area contributed by atoms with Crippen LogP contribution < -0.4 is 10.6 Å². The minimum atomic E-state index is -0.221. The Bertz CT molecular complexity index is 682. The van der Waals surface area contributed by atoms with Gasteiger partial charge in [0.2, 0.25) is 5.91 Å². The van der Waals surface area contributed by atoms with E-state index in [2.05, 4.69) is 20.6 Å². The Morgan fingerprint density at radius 3 is 2.68 bits per heavy atom. The number of hydrogen-bond acceptors (Lipinski definition) is 5. The van der Waals surface area contributed by atoms with Crippen LogP contribution in [0.25, 0.3) is 0 Å². The van der Waals surface area contributed by atoms with Gasteiger partial charge in [0.05, 0.1) is 6.04 Å². The second kappa shape index (κ2) is 6.23. The number of thiazole rings is 1. The predicted octanol–water partition coefficient (Wildman–Crippen LogP) is 2.38. The second-order valence-electron chi connectivity index (χ2n) is 5.29. The summed E-state index contributed by atoms with van der Waals surface area (Å²) < 4.78 is 0. The summed E-state index contributed by atoms with van der Waals surface area (Å²) in [6.07, 6.45) is 5.69. The monoisotopic (exact) mass is 316 g/mol. The summed E-state index contributed by atoms with van der Waals surface area (Å²) in [4.78, 5) is 31.5. The Morgan fingerprint density at radius 2 is 2.05 bits per heavy atom. The third kappa shape index (κ3) is 3.48. The van der Waals surface area contributed by atoms with Crippen LogP contribution >= 0.6 is 11.3 Å². The van der Waals surface area contributed by atoms with Crippen molar-refractivity contribution in [3.05, 3.63) is 41.2 Å². The molecule has 2 aromatic heterocycles. The standard InChI is InChI=1S/C15H16N4O2S/c1-9(20)17-15-18-12(8-22-15)14(21)19-13(10-2-3-10)11-4-6-16-7-5-11/h4-8,10,13H,2-3H2,1H3,(H,19,21)(H,17,18,20)/t13-/m0/s1. The third-order valence-corrected chi connectivity index (χ3v) is 4.22. The van der Waals surface area contributed by atoms with E-state index < -0.39 is 0 Å². The zero-order valence-electron chi connectivity index (χ0n) is 12.1. The van der Waals surface area contributed by atoms with Gasteiger partial charge >= 0.3 is 0 Å². The van der Waals surface area contributed by atoms with Crippen molar-refractivity contribution in [3.63, 3.8) is 0 Å². The van der Waals surface area contributed by atoms with Gasteiger partial charge in [0.15, 0.2) is 5.13 Å². The summed E-state index contributed by atoms with van der Waals surface area (Å²) in [6.45, 7) is 1.41. The van der Waals surface area contributed by atoms with Crippen LogP contribution in [0.4, 0.5) is 5.13 Å². The van der Waals surface area contributed by atoms with Crippen molar-refractivity contribution >= 4 is 28.3 Å². The van der Waals surface area contributed by atoms with E-state index in [0.717, 1.165) is 18.4 Å². The van der Waals surface area contributed by atoms with Gasteiger partial charge in [-0.15, -0.1) is 11.3 Å². The van der Waals surface area contributed by atoms with Gasteiger partial charge in [0.25, 0.3) is 5.91 Å². The van der Waals surface area contributed by atoms with Gasteiger partial charge in [-0.1, -0.05) is 0 Å². The van der Waals surface area contributed by atoms with Gasteiger partial charge in [0, 0.05) is 24.7 Å². The Hall–Kier alpha value is -2.28. The van der Waals surface area contributed by atoms with E-state index in [9.17, 15) is 9.59 Å². The van der Waals surface area contributed by atoms with Crippen molar-refractivity contribution in [2.45, 2.75) is 25.8 Å². The highest BCUT2D eigenvalue weighted by Gasteiger charge is 2.33. The Labute approximate surface area is 132 Å². The molecule has 2 N–H and O–H groups in total. The molecule has 1 fully saturated rings. The molecular weight excluding hydrogens is 300 g/mol. The molecule has 0 bridgehead atoms. The smallest absolute Gasteiger partial charge is 0.271 e. The van der Waals surface area contributed by atoms with E-state index in [1.165, 1.54) is 18.3 Å². The fourth-order valence-corrected chi connectivity index (χ4v) is 3.01. The average Bonchev–Trinajstić information content (AvgIpc) is 3.24. The maximum absolute atomic E-state index is 12.4. The molecule has 1 saturated carbocycles. The summed E-state index contributed by atoms with van der Waals surface area (Å²) in [5, 5.41) is 7.71. The van der Waals surface area contributed by atoms with E-state index >= 15 is 0 Å². The molecule has 1 aliphatic carbocycles. The molecule has 0 aromatic carbocycles. The van der Waals surface area contributed by atoms with Crippen molar-refractivity contribution in [2.24, 2.45) is 5.92 Å². The number of aromatic nitrogens is 2. The lowest BCUT2D eigenvalue weighted by atomic mass is 10.0. The normalized spacial score (nSPS) is 15.1. The molecule has 3 rings (SSSR count). The lowest BCUT2D eigenvalue weighted by molar-refractivity contribution is -0.114. The molecule has 114 valence electrons. The molecule has 0 spiro atoms. The summed E-state index contributed by atoms with van der Waals surface area (Å²) in [6, 6.07) is 3.83. The summed E-state index contributed by atoms with van der Waals surface area (Å²) in [7, 11) is 0. The maximum atomic E-state index is 12.4. The first-order valence-corrected chi connectivity index (χ1v) is 7.95. The van der Waals surface area contributed by atoms with Crippen LogP contribution in [0.3, 0.4) is 0 Å². The van der Waals surface area contributed by atoms with Crippen molar-refractivity contribution < 1.29 is 9.59 Å². The average molecular weight is 316 g/mol. The molecule has 1 atom stereocenters. The Balaban J connectivity index is 1.71. The number of hydrogen-bond donors (Lipinski definition) is 2. The van der Waals surface area contributed by atoms with Crippen molar-refractivity contribution in [3.8, 4) is 0 Å². The van der Waals surface area contributed by atoms with Crippen molar-refractivity contribution in [2.75, 3.05) is 5.32 Å². The van der Waals surface area contributed by atoms with E-state index in [0.29, 0.717) is 16.7 Å². The SMILES string of the molecule is CC(=O)Nc1nc(C(=O)N[C@H](c2ccncc2)C2CC2)cs1. The minimum absolute atomic E-state index is 0.0126. The van der Waals surface area contributed by atoms with Crippen LogP contribution in [0.5, 0.6) is 0 Å². The third-order valence-electron chi connectivity index (χ3n) is 3.47. The minimum Gasteiger partial charge on any atom is -0.344 e. The predicted molar refractivity (Wildman–Crippen MR) is 83.6 cm³/mol. The molecular formula is C15H16N4O2S. The van der Waals surface area contributed by atoms with E-state index in [4.69, 9.17) is 0 Å². The molecule has 0 saturated heterocycles. The van der Waals surface area contributed by atoms with Gasteiger partial charge in [-0.3, -0.25) is 14.6 Å². The van der Waals surface area contributed by atoms with Crippen LogP contribution in [0.2, 0.25) is 0 Å². The van der Waals surface area contributed by atoms with E-state index in [1.54, 1.807) is 17.8 Å². The summed E-state index contributed by atoms with van der Waals surface area (Å²) in [5.74, 6) is 0.0512. The number of nitrogens with one attached hydrogen (secondary N) is 2. The lowest BCUT2D eigenvalue weighted by Gasteiger charge is -2.17. The fourth-order valence-electron chi connectivity index (χ4n) is 2.27. The first-order valence-electron chi connectivity index (χ1n) is 7.07. The fraction of sp³-hybridized carbons (Fsp3) is 0.333. The highest BCUT2D eigenvalue weighted by molar-refractivity contribution is 7.14. The number of nitrogens with zero attached hydrogens (tertiary/aromatic N) is 2. The number of pyridine rings is 1. The molecule has 0 aliphatic heterocycles. The lowest BCUT2D eigenvalue weighted by Crippen LogP contribution is -2.30. The molecule has 2 heterocycles. The molecule has 7 heteroatoms. The van der Waals surface area contributed by atoms with Crippen LogP contribution in [-0.4, -0.2) is 21.8 Å². The molecule has 22 heavy (non-hydrogen) atoms. The number of rotatable bonds is 5. The number of anilines is 1. The first-order chi connectivity index (χ1) is 10.6.